The molecule has 2 N–H and O–H groups in total. The first-order valence-corrected chi connectivity index (χ1v) is 10.8. The van der Waals surface area contributed by atoms with E-state index in [2.05, 4.69) is 47.6 Å². The molecule has 0 bridgehead atoms. The zero-order valence-corrected chi connectivity index (χ0v) is 18.3. The van der Waals surface area contributed by atoms with Crippen molar-refractivity contribution in [2.75, 3.05) is 0 Å². The van der Waals surface area contributed by atoms with Crippen LogP contribution < -0.4 is 5.32 Å². The zero-order chi connectivity index (χ0) is 21.5. The van der Waals surface area contributed by atoms with Crippen molar-refractivity contribution in [2.24, 2.45) is 0 Å². The molecule has 0 saturated heterocycles. The fourth-order valence-corrected chi connectivity index (χ4v) is 4.33. The number of amides is 1. The summed E-state index contributed by atoms with van der Waals surface area (Å²) in [7, 11) is 0. The van der Waals surface area contributed by atoms with Gasteiger partial charge in [-0.05, 0) is 56.6 Å². The van der Waals surface area contributed by atoms with Crippen molar-refractivity contribution in [2.45, 2.75) is 39.3 Å². The number of hydrogen-bond donors (Lipinski definition) is 2. The molecule has 1 amide bonds. The number of nitrogens with one attached hydrogen (secondary N) is 2. The van der Waals surface area contributed by atoms with Crippen LogP contribution in [0, 0.1) is 18.6 Å². The summed E-state index contributed by atoms with van der Waals surface area (Å²) in [6.45, 7) is 4.46. The molecule has 6 nitrogen and oxygen atoms in total. The molecule has 4 aromatic rings. The molecule has 5 rings (SSSR count). The smallest absolute Gasteiger partial charge is 0.252 e. The molecule has 0 aliphatic heterocycles. The molecule has 1 aliphatic rings. The van der Waals surface area contributed by atoms with Gasteiger partial charge in [-0.15, -0.1) is 0 Å². The SMILES string of the molecule is Cc1ccc(-c2cc(C(=O)NCc3n[nH]c(=S)n3C3CC3)c3ccccc3n2)c(C)c1. The van der Waals surface area contributed by atoms with Crippen molar-refractivity contribution in [3.05, 3.63) is 75.8 Å². The lowest BCUT2D eigenvalue weighted by atomic mass is 9.99. The Bertz CT molecular complexity index is 1370. The minimum atomic E-state index is -0.152. The van der Waals surface area contributed by atoms with Crippen molar-refractivity contribution in [1.82, 2.24) is 25.1 Å². The van der Waals surface area contributed by atoms with Crippen LogP contribution in [0.4, 0.5) is 0 Å². The Kier molecular flexibility index (Phi) is 4.90. The number of fused-ring (bicyclic) bond motifs is 1. The van der Waals surface area contributed by atoms with Crippen molar-refractivity contribution >= 4 is 29.0 Å². The summed E-state index contributed by atoms with van der Waals surface area (Å²) < 4.78 is 2.62. The van der Waals surface area contributed by atoms with Gasteiger partial charge in [0.25, 0.3) is 5.91 Å². The Labute approximate surface area is 185 Å². The average Bonchev–Trinajstić information content (AvgIpc) is 3.53. The molecule has 2 aromatic heterocycles. The highest BCUT2D eigenvalue weighted by Crippen LogP contribution is 2.35. The van der Waals surface area contributed by atoms with Gasteiger partial charge in [-0.3, -0.25) is 14.5 Å². The summed E-state index contributed by atoms with van der Waals surface area (Å²) in [4.78, 5) is 18.1. The second-order valence-corrected chi connectivity index (χ2v) is 8.51. The first-order chi connectivity index (χ1) is 15.0. The Morgan fingerprint density at radius 3 is 2.77 bits per heavy atom. The lowest BCUT2D eigenvalue weighted by molar-refractivity contribution is 0.0951. The van der Waals surface area contributed by atoms with Crippen LogP contribution in [0.5, 0.6) is 0 Å². The minimum absolute atomic E-state index is 0.152. The topological polar surface area (TPSA) is 75.6 Å². The molecule has 7 heteroatoms. The van der Waals surface area contributed by atoms with Crippen LogP contribution in [-0.4, -0.2) is 25.7 Å². The third-order valence-corrected chi connectivity index (χ3v) is 6.00. The number of aromatic nitrogens is 4. The lowest BCUT2D eigenvalue weighted by Crippen LogP contribution is -2.25. The number of carbonyl (C=O) groups is 1. The van der Waals surface area contributed by atoms with Crippen molar-refractivity contribution in [3.63, 3.8) is 0 Å². The molecule has 0 atom stereocenters. The summed E-state index contributed by atoms with van der Waals surface area (Å²) in [5.74, 6) is 0.606. The monoisotopic (exact) mass is 429 g/mol. The lowest BCUT2D eigenvalue weighted by Gasteiger charge is -2.12. The van der Waals surface area contributed by atoms with Gasteiger partial charge in [0.1, 0.15) is 0 Å². The average molecular weight is 430 g/mol. The van der Waals surface area contributed by atoms with Gasteiger partial charge < -0.3 is 5.32 Å². The summed E-state index contributed by atoms with van der Waals surface area (Å²) >= 11 is 5.34. The number of benzene rings is 2. The number of nitrogens with zero attached hydrogens (tertiary/aromatic N) is 3. The predicted molar refractivity (Wildman–Crippen MR) is 124 cm³/mol. The standard InChI is InChI=1S/C24H23N5OS/c1-14-7-10-17(15(2)11-14)21-12-19(18-5-3-4-6-20(18)26-21)23(30)25-13-22-27-28-24(31)29(22)16-8-9-16/h3-7,10-12,16H,8-9,13H2,1-2H3,(H,25,30)(H,28,31). The van der Waals surface area contributed by atoms with Gasteiger partial charge in [0.15, 0.2) is 10.6 Å². The second kappa shape index (κ2) is 7.74. The van der Waals surface area contributed by atoms with Crippen LogP contribution in [0.2, 0.25) is 0 Å². The highest BCUT2D eigenvalue weighted by molar-refractivity contribution is 7.71. The van der Waals surface area contributed by atoms with Crippen LogP contribution in [-0.2, 0) is 6.54 Å². The van der Waals surface area contributed by atoms with E-state index >= 15 is 0 Å². The normalized spacial score (nSPS) is 13.5. The molecule has 0 unspecified atom stereocenters. The maximum Gasteiger partial charge on any atom is 0.252 e. The molecular weight excluding hydrogens is 406 g/mol. The molecule has 0 spiro atoms. The fourth-order valence-electron chi connectivity index (χ4n) is 4.03. The summed E-state index contributed by atoms with van der Waals surface area (Å²) in [6, 6.07) is 16.3. The summed E-state index contributed by atoms with van der Waals surface area (Å²) in [5.41, 5.74) is 5.55. The minimum Gasteiger partial charge on any atom is -0.345 e. The van der Waals surface area contributed by atoms with Gasteiger partial charge in [0, 0.05) is 17.0 Å². The number of carbonyl (C=O) groups excluding carboxylic acids is 1. The molecule has 1 saturated carbocycles. The Balaban J connectivity index is 1.51. The second-order valence-electron chi connectivity index (χ2n) is 8.12. The van der Waals surface area contributed by atoms with Crippen molar-refractivity contribution in [3.8, 4) is 11.3 Å². The molecule has 2 aromatic carbocycles. The van der Waals surface area contributed by atoms with E-state index in [1.54, 1.807) is 0 Å². The Hall–Kier alpha value is -3.32. The van der Waals surface area contributed by atoms with Crippen LogP contribution >= 0.6 is 12.2 Å². The first-order valence-electron chi connectivity index (χ1n) is 10.4. The maximum absolute atomic E-state index is 13.2. The van der Waals surface area contributed by atoms with E-state index in [1.807, 2.05) is 34.9 Å². The van der Waals surface area contributed by atoms with Gasteiger partial charge in [0.2, 0.25) is 0 Å². The van der Waals surface area contributed by atoms with Crippen molar-refractivity contribution < 1.29 is 4.79 Å². The van der Waals surface area contributed by atoms with Crippen LogP contribution in [0.3, 0.4) is 0 Å². The third-order valence-electron chi connectivity index (χ3n) is 5.72. The number of hydrogen-bond acceptors (Lipinski definition) is 4. The van der Waals surface area contributed by atoms with Crippen molar-refractivity contribution in [1.29, 1.82) is 0 Å². The Morgan fingerprint density at radius 2 is 2.00 bits per heavy atom. The maximum atomic E-state index is 13.2. The Morgan fingerprint density at radius 1 is 1.19 bits per heavy atom. The largest absolute Gasteiger partial charge is 0.345 e. The fraction of sp³-hybridized carbons (Fsp3) is 0.250. The molecule has 2 heterocycles. The number of aryl methyl sites for hydroxylation is 2. The molecule has 0 radical (unpaired) electrons. The van der Waals surface area contributed by atoms with E-state index in [0.29, 0.717) is 22.9 Å². The van der Waals surface area contributed by atoms with E-state index in [1.165, 1.54) is 5.56 Å². The number of H-pyrrole nitrogens is 1. The molecule has 1 fully saturated rings. The molecular formula is C24H23N5OS. The third kappa shape index (κ3) is 3.77. The summed E-state index contributed by atoms with van der Waals surface area (Å²) in [6.07, 6.45) is 2.20. The predicted octanol–water partition coefficient (Wildman–Crippen LogP) is 5.04. The van der Waals surface area contributed by atoms with Gasteiger partial charge in [-0.25, -0.2) is 4.98 Å². The van der Waals surface area contributed by atoms with Crippen LogP contribution in [0.15, 0.2) is 48.5 Å². The van der Waals surface area contributed by atoms with E-state index in [-0.39, 0.29) is 5.91 Å². The number of rotatable bonds is 5. The summed E-state index contributed by atoms with van der Waals surface area (Å²) in [5, 5.41) is 11.0. The quantitative estimate of drug-likeness (QED) is 0.436. The zero-order valence-electron chi connectivity index (χ0n) is 17.5. The highest BCUT2D eigenvalue weighted by atomic mass is 32.1. The van der Waals surface area contributed by atoms with Gasteiger partial charge >= 0.3 is 0 Å². The van der Waals surface area contributed by atoms with E-state index in [9.17, 15) is 4.79 Å². The van der Waals surface area contributed by atoms with E-state index in [4.69, 9.17) is 17.2 Å². The number of pyridine rings is 1. The van der Waals surface area contributed by atoms with Crippen LogP contribution in [0.25, 0.3) is 22.2 Å². The van der Waals surface area contributed by atoms with E-state index in [0.717, 1.165) is 46.4 Å². The molecule has 1 aliphatic carbocycles. The highest BCUT2D eigenvalue weighted by Gasteiger charge is 2.27. The van der Waals surface area contributed by atoms with E-state index < -0.39 is 0 Å². The molecule has 31 heavy (non-hydrogen) atoms. The number of aromatic amines is 1. The van der Waals surface area contributed by atoms with Crippen LogP contribution in [0.1, 0.15) is 46.2 Å². The number of para-hydroxylation sites is 1. The van der Waals surface area contributed by atoms with Gasteiger partial charge in [-0.2, -0.15) is 5.10 Å². The molecule has 156 valence electrons. The first kappa shape index (κ1) is 19.6. The van der Waals surface area contributed by atoms with Gasteiger partial charge in [-0.1, -0.05) is 42.0 Å². The van der Waals surface area contributed by atoms with Gasteiger partial charge in [0.05, 0.1) is 23.3 Å².